The van der Waals surface area contributed by atoms with Gasteiger partial charge in [-0.2, -0.15) is 0 Å². The molecule has 0 aromatic rings. The average molecular weight is 187 g/mol. The minimum atomic E-state index is -0.0497. The fourth-order valence-corrected chi connectivity index (χ4v) is 1.53. The van der Waals surface area contributed by atoms with Gasteiger partial charge in [-0.05, 0) is 7.05 Å². The van der Waals surface area contributed by atoms with Gasteiger partial charge < -0.3 is 14.5 Å². The Hall–Kier alpha value is -0.610. The Morgan fingerprint density at radius 3 is 3.00 bits per heavy atom. The van der Waals surface area contributed by atoms with E-state index in [2.05, 4.69) is 12.4 Å². The summed E-state index contributed by atoms with van der Waals surface area (Å²) in [4.78, 5) is 11.0. The zero-order valence-electron chi connectivity index (χ0n) is 8.51. The van der Waals surface area contributed by atoms with Crippen LogP contribution < -0.4 is 5.32 Å². The number of nitrogens with zero attached hydrogens (tertiary/aromatic N) is 1. The van der Waals surface area contributed by atoms with Gasteiger partial charge in [-0.1, -0.05) is 0 Å². The lowest BCUT2D eigenvalue weighted by atomic mass is 10.3. The molecular weight excluding hydrogens is 168 g/mol. The van der Waals surface area contributed by atoms with Crippen LogP contribution in [0.3, 0.4) is 0 Å². The van der Waals surface area contributed by atoms with Crippen molar-refractivity contribution in [3.63, 3.8) is 0 Å². The van der Waals surface area contributed by atoms with Crippen molar-refractivity contribution in [3.8, 4) is 0 Å². The second-order valence-electron chi connectivity index (χ2n) is 3.86. The molecule has 0 aromatic heterocycles. The topological polar surface area (TPSA) is 38.3 Å². The van der Waals surface area contributed by atoms with Crippen LogP contribution >= 0.6 is 0 Å². The lowest BCUT2D eigenvalue weighted by Crippen LogP contribution is -2.49. The number of quaternary nitrogens is 1. The van der Waals surface area contributed by atoms with Crippen molar-refractivity contribution in [2.24, 2.45) is 0 Å². The van der Waals surface area contributed by atoms with Crippen LogP contribution in [0.15, 0.2) is 0 Å². The summed E-state index contributed by atoms with van der Waals surface area (Å²) in [5, 5.41) is 3.13. The molecule has 1 aliphatic rings. The summed E-state index contributed by atoms with van der Waals surface area (Å²) >= 11 is 0. The quantitative estimate of drug-likeness (QED) is 0.482. The summed E-state index contributed by atoms with van der Waals surface area (Å²) in [5.41, 5.74) is 0. The minimum Gasteiger partial charge on any atom is -0.460 e. The number of cyclic esters (lactones) is 1. The molecule has 0 aromatic carbocycles. The van der Waals surface area contributed by atoms with Gasteiger partial charge in [0.2, 0.25) is 0 Å². The highest BCUT2D eigenvalue weighted by atomic mass is 16.5. The fraction of sp³-hybridized carbons (Fsp3) is 0.889. The van der Waals surface area contributed by atoms with Gasteiger partial charge in [-0.15, -0.1) is 0 Å². The Morgan fingerprint density at radius 1 is 1.54 bits per heavy atom. The van der Waals surface area contributed by atoms with Gasteiger partial charge in [-0.3, -0.25) is 4.79 Å². The van der Waals surface area contributed by atoms with Crippen molar-refractivity contribution in [2.45, 2.75) is 6.42 Å². The summed E-state index contributed by atoms with van der Waals surface area (Å²) in [7, 11) is 4.13. The average Bonchev–Trinajstić information content (AvgIpc) is 2.27. The smallest absolute Gasteiger partial charge is 0.311 e. The molecule has 1 heterocycles. The van der Waals surface area contributed by atoms with E-state index < -0.39 is 0 Å². The van der Waals surface area contributed by atoms with E-state index in [1.807, 2.05) is 7.05 Å². The lowest BCUT2D eigenvalue weighted by molar-refractivity contribution is -0.906. The zero-order valence-corrected chi connectivity index (χ0v) is 8.51. The van der Waals surface area contributed by atoms with Gasteiger partial charge >= 0.3 is 5.97 Å². The van der Waals surface area contributed by atoms with Gasteiger partial charge in [0, 0.05) is 6.54 Å². The van der Waals surface area contributed by atoms with Crippen molar-refractivity contribution in [2.75, 3.05) is 46.9 Å². The molecule has 1 N–H and O–H groups in total. The van der Waals surface area contributed by atoms with Crippen molar-refractivity contribution < 1.29 is 14.0 Å². The monoisotopic (exact) mass is 187 g/mol. The fourth-order valence-electron chi connectivity index (χ4n) is 1.53. The standard InChI is InChI=1S/C9H19N2O2/c1-10-4-6-11(2)5-3-9(12)13-8-7-11/h10H,3-8H2,1-2H3/q+1. The summed E-state index contributed by atoms with van der Waals surface area (Å²) in [6, 6.07) is 0. The predicted octanol–water partition coefficient (Wildman–Crippen LogP) is -0.401. The number of hydrogen-bond donors (Lipinski definition) is 1. The molecule has 13 heavy (non-hydrogen) atoms. The maximum Gasteiger partial charge on any atom is 0.311 e. The highest BCUT2D eigenvalue weighted by Gasteiger charge is 2.26. The van der Waals surface area contributed by atoms with Crippen LogP contribution in [0.1, 0.15) is 6.42 Å². The summed E-state index contributed by atoms with van der Waals surface area (Å²) < 4.78 is 5.94. The Bertz CT molecular complexity index is 184. The number of likely N-dealkylation sites (N-methyl/N-ethyl adjacent to an activating group) is 2. The van der Waals surface area contributed by atoms with Crippen LogP contribution in [-0.2, 0) is 9.53 Å². The van der Waals surface area contributed by atoms with Crippen LogP contribution in [0.25, 0.3) is 0 Å². The number of nitrogens with one attached hydrogen (secondary N) is 1. The molecule has 1 saturated heterocycles. The second kappa shape index (κ2) is 4.58. The van der Waals surface area contributed by atoms with E-state index in [0.29, 0.717) is 13.0 Å². The Kier molecular flexibility index (Phi) is 3.69. The first-order valence-electron chi connectivity index (χ1n) is 4.80. The van der Waals surface area contributed by atoms with Crippen LogP contribution in [0.2, 0.25) is 0 Å². The van der Waals surface area contributed by atoms with Crippen LogP contribution in [0.5, 0.6) is 0 Å². The lowest BCUT2D eigenvalue weighted by Gasteiger charge is -2.32. The molecular formula is C9H19N2O2+. The molecule has 1 unspecified atom stereocenters. The number of ether oxygens (including phenoxy) is 1. The third-order valence-electron chi connectivity index (χ3n) is 2.65. The Morgan fingerprint density at radius 2 is 2.31 bits per heavy atom. The van der Waals surface area contributed by atoms with E-state index in [0.717, 1.165) is 30.7 Å². The van der Waals surface area contributed by atoms with Crippen molar-refractivity contribution in [1.82, 2.24) is 5.32 Å². The molecule has 0 amide bonds. The molecule has 1 aliphatic heterocycles. The Balaban J connectivity index is 2.42. The van der Waals surface area contributed by atoms with Crippen LogP contribution in [0, 0.1) is 0 Å². The third-order valence-corrected chi connectivity index (χ3v) is 2.65. The third kappa shape index (κ3) is 3.32. The first-order valence-corrected chi connectivity index (χ1v) is 4.80. The summed E-state index contributed by atoms with van der Waals surface area (Å²) in [6.07, 6.45) is 0.556. The van der Waals surface area contributed by atoms with E-state index in [4.69, 9.17) is 4.74 Å². The molecule has 0 spiro atoms. The normalized spacial score (nSPS) is 29.5. The highest BCUT2D eigenvalue weighted by molar-refractivity contribution is 5.69. The molecule has 76 valence electrons. The summed E-state index contributed by atoms with van der Waals surface area (Å²) in [5.74, 6) is -0.0497. The molecule has 0 saturated carbocycles. The first-order chi connectivity index (χ1) is 6.16. The molecule has 1 fully saturated rings. The van der Waals surface area contributed by atoms with Crippen molar-refractivity contribution in [3.05, 3.63) is 0 Å². The van der Waals surface area contributed by atoms with E-state index in [1.165, 1.54) is 0 Å². The van der Waals surface area contributed by atoms with Gasteiger partial charge in [0.1, 0.15) is 13.2 Å². The molecule has 0 radical (unpaired) electrons. The SMILES string of the molecule is CNCC[N+]1(C)CCOC(=O)CC1. The number of carbonyl (C=O) groups is 1. The second-order valence-corrected chi connectivity index (χ2v) is 3.86. The number of rotatable bonds is 3. The first kappa shape index (κ1) is 10.5. The molecule has 4 heteroatoms. The largest absolute Gasteiger partial charge is 0.460 e. The van der Waals surface area contributed by atoms with Gasteiger partial charge in [0.05, 0.1) is 26.6 Å². The van der Waals surface area contributed by atoms with Crippen LogP contribution in [0.4, 0.5) is 0 Å². The van der Waals surface area contributed by atoms with Crippen molar-refractivity contribution >= 4 is 5.97 Å². The molecule has 0 aliphatic carbocycles. The van der Waals surface area contributed by atoms with E-state index >= 15 is 0 Å². The molecule has 0 bridgehead atoms. The van der Waals surface area contributed by atoms with E-state index in [-0.39, 0.29) is 5.97 Å². The van der Waals surface area contributed by atoms with Gasteiger partial charge in [0.25, 0.3) is 0 Å². The van der Waals surface area contributed by atoms with Crippen LogP contribution in [-0.4, -0.2) is 57.3 Å². The minimum absolute atomic E-state index is 0.0497. The van der Waals surface area contributed by atoms with Crippen molar-refractivity contribution in [1.29, 1.82) is 0 Å². The molecule has 1 atom stereocenters. The number of hydrogen-bond acceptors (Lipinski definition) is 3. The van der Waals surface area contributed by atoms with Gasteiger partial charge in [0.15, 0.2) is 0 Å². The highest BCUT2D eigenvalue weighted by Crippen LogP contribution is 2.08. The van der Waals surface area contributed by atoms with Gasteiger partial charge in [-0.25, -0.2) is 0 Å². The Labute approximate surface area is 79.4 Å². The zero-order chi connectivity index (χ0) is 9.73. The number of esters is 1. The molecule has 1 rings (SSSR count). The predicted molar refractivity (Wildman–Crippen MR) is 50.3 cm³/mol. The molecule has 4 nitrogen and oxygen atoms in total. The van der Waals surface area contributed by atoms with E-state index in [9.17, 15) is 4.79 Å². The summed E-state index contributed by atoms with van der Waals surface area (Å²) in [6.45, 7) is 4.46. The van der Waals surface area contributed by atoms with E-state index in [1.54, 1.807) is 0 Å². The maximum absolute atomic E-state index is 11.0. The maximum atomic E-state index is 11.0. The number of carbonyl (C=O) groups excluding carboxylic acids is 1.